The third kappa shape index (κ3) is 6.89. The number of aliphatic hydroxyl groups excluding tert-OH is 1. The van der Waals surface area contributed by atoms with Gasteiger partial charge in [0.25, 0.3) is 0 Å². The van der Waals surface area contributed by atoms with Crippen molar-refractivity contribution in [1.82, 2.24) is 10.2 Å². The zero-order valence-corrected chi connectivity index (χ0v) is 16.0. The molecule has 0 aliphatic heterocycles. The fraction of sp³-hybridized carbons (Fsp3) is 0.824. The lowest BCUT2D eigenvalue weighted by Gasteiger charge is -2.39. The Morgan fingerprint density at radius 2 is 1.68 bits per heavy atom. The van der Waals surface area contributed by atoms with E-state index in [0.717, 1.165) is 12.8 Å². The number of guanidine groups is 1. The Labute approximate surface area is 149 Å². The summed E-state index contributed by atoms with van der Waals surface area (Å²) >= 11 is 0. The topological polar surface area (TPSA) is 111 Å². The summed E-state index contributed by atoms with van der Waals surface area (Å²) in [7, 11) is 0. The number of nitrogens with one attached hydrogen (secondary N) is 1. The van der Waals surface area contributed by atoms with E-state index < -0.39 is 29.4 Å². The number of aliphatic imine (C=N–C) groups is 1. The van der Waals surface area contributed by atoms with Crippen LogP contribution in [0.1, 0.15) is 67.2 Å². The average Bonchev–Trinajstić information content (AvgIpc) is 2.36. The molecule has 0 spiro atoms. The quantitative estimate of drug-likeness (QED) is 0.491. The van der Waals surface area contributed by atoms with Crippen LogP contribution >= 0.6 is 0 Å². The number of hydrogen-bond donors (Lipinski definition) is 3. The number of carbonyl (C=O) groups is 2. The number of carbonyl (C=O) groups excluding carboxylic acids is 1. The maximum Gasteiger partial charge on any atom is 0.434 e. The second-order valence-electron chi connectivity index (χ2n) is 8.31. The van der Waals surface area contributed by atoms with Gasteiger partial charge in [-0.2, -0.15) is 0 Å². The summed E-state index contributed by atoms with van der Waals surface area (Å²) in [6, 6.07) is -0.362. The van der Waals surface area contributed by atoms with E-state index in [1.165, 1.54) is 4.90 Å². The van der Waals surface area contributed by atoms with Gasteiger partial charge in [0.05, 0.1) is 12.1 Å². The first kappa shape index (κ1) is 21.2. The van der Waals surface area contributed by atoms with Crippen molar-refractivity contribution in [3.8, 4) is 0 Å². The average molecular weight is 357 g/mol. The predicted molar refractivity (Wildman–Crippen MR) is 94.7 cm³/mol. The van der Waals surface area contributed by atoms with Crippen molar-refractivity contribution in [1.29, 1.82) is 0 Å². The van der Waals surface area contributed by atoms with Crippen LogP contribution < -0.4 is 5.32 Å². The Bertz CT molecular complexity index is 519. The van der Waals surface area contributed by atoms with E-state index in [0.29, 0.717) is 12.8 Å². The van der Waals surface area contributed by atoms with Crippen LogP contribution in [0.4, 0.5) is 9.59 Å². The smallest absolute Gasteiger partial charge is 0.434 e. The van der Waals surface area contributed by atoms with Gasteiger partial charge in [0.1, 0.15) is 5.60 Å². The molecule has 0 aromatic heterocycles. The molecule has 25 heavy (non-hydrogen) atoms. The summed E-state index contributed by atoms with van der Waals surface area (Å²) in [4.78, 5) is 28.6. The van der Waals surface area contributed by atoms with Crippen molar-refractivity contribution in [2.24, 2.45) is 4.99 Å². The maximum absolute atomic E-state index is 12.7. The van der Waals surface area contributed by atoms with E-state index >= 15 is 0 Å². The Morgan fingerprint density at radius 1 is 1.12 bits per heavy atom. The summed E-state index contributed by atoms with van der Waals surface area (Å²) in [5.41, 5.74) is -1.51. The molecule has 1 aliphatic rings. The fourth-order valence-electron chi connectivity index (χ4n) is 2.67. The molecule has 8 heteroatoms. The Balaban J connectivity index is 3.17. The van der Waals surface area contributed by atoms with Crippen LogP contribution in [0.25, 0.3) is 0 Å². The van der Waals surface area contributed by atoms with Gasteiger partial charge >= 0.3 is 12.2 Å². The number of nitrogens with zero attached hydrogens (tertiary/aromatic N) is 2. The Hall–Kier alpha value is -1.83. The summed E-state index contributed by atoms with van der Waals surface area (Å²) in [5.74, 6) is -0.125. The van der Waals surface area contributed by atoms with Gasteiger partial charge in [-0.15, -0.1) is 4.99 Å². The van der Waals surface area contributed by atoms with Gasteiger partial charge < -0.3 is 20.3 Å². The van der Waals surface area contributed by atoms with Crippen molar-refractivity contribution in [3.63, 3.8) is 0 Å². The molecule has 1 saturated carbocycles. The molecular weight excluding hydrogens is 326 g/mol. The normalized spacial score (nSPS) is 22.3. The van der Waals surface area contributed by atoms with E-state index in [1.807, 2.05) is 0 Å². The van der Waals surface area contributed by atoms with E-state index in [2.05, 4.69) is 10.3 Å². The molecule has 0 saturated heterocycles. The zero-order valence-electron chi connectivity index (χ0n) is 16.0. The van der Waals surface area contributed by atoms with Gasteiger partial charge in [0.2, 0.25) is 5.96 Å². The van der Waals surface area contributed by atoms with Gasteiger partial charge in [-0.3, -0.25) is 0 Å². The molecule has 0 radical (unpaired) electrons. The number of hydrogen-bond acceptors (Lipinski definition) is 4. The largest absolute Gasteiger partial charge is 0.463 e. The lowest BCUT2D eigenvalue weighted by molar-refractivity contribution is 0.0230. The fourth-order valence-corrected chi connectivity index (χ4v) is 2.67. The number of ether oxygens (including phenoxy) is 1. The van der Waals surface area contributed by atoms with Gasteiger partial charge in [-0.1, -0.05) is 12.8 Å². The van der Waals surface area contributed by atoms with Crippen molar-refractivity contribution < 1.29 is 24.5 Å². The molecule has 3 N–H and O–H groups in total. The summed E-state index contributed by atoms with van der Waals surface area (Å²) in [6.07, 6.45) is 0.389. The molecular formula is C17H31N3O5. The first-order valence-electron chi connectivity index (χ1n) is 8.60. The minimum atomic E-state index is -1.43. The van der Waals surface area contributed by atoms with Gasteiger partial charge in [0, 0.05) is 5.54 Å². The van der Waals surface area contributed by atoms with E-state index in [-0.39, 0.29) is 12.0 Å². The lowest BCUT2D eigenvalue weighted by Crippen LogP contribution is -2.59. The van der Waals surface area contributed by atoms with Crippen molar-refractivity contribution in [2.75, 3.05) is 0 Å². The van der Waals surface area contributed by atoms with Crippen LogP contribution in [-0.2, 0) is 4.74 Å². The second kappa shape index (κ2) is 8.03. The Kier molecular flexibility index (Phi) is 6.82. The van der Waals surface area contributed by atoms with Crippen LogP contribution in [0, 0.1) is 0 Å². The minimum absolute atomic E-state index is 0.125. The summed E-state index contributed by atoms with van der Waals surface area (Å²) < 4.78 is 5.42. The van der Waals surface area contributed by atoms with Crippen molar-refractivity contribution >= 4 is 18.1 Å². The number of amides is 2. The number of rotatable bonds is 1. The highest BCUT2D eigenvalue weighted by atomic mass is 16.6. The molecule has 1 rings (SSSR count). The van der Waals surface area contributed by atoms with Crippen LogP contribution in [0.3, 0.4) is 0 Å². The lowest BCUT2D eigenvalue weighted by atomic mass is 9.92. The molecule has 144 valence electrons. The van der Waals surface area contributed by atoms with Gasteiger partial charge in [-0.05, 0) is 54.4 Å². The first-order chi connectivity index (χ1) is 11.3. The van der Waals surface area contributed by atoms with Crippen molar-refractivity contribution in [3.05, 3.63) is 0 Å². The molecule has 1 fully saturated rings. The van der Waals surface area contributed by atoms with Crippen LogP contribution in [-0.4, -0.2) is 56.5 Å². The highest BCUT2D eigenvalue weighted by Gasteiger charge is 2.37. The third-order valence-electron chi connectivity index (χ3n) is 3.70. The molecule has 2 amide bonds. The third-order valence-corrected chi connectivity index (χ3v) is 3.70. The molecule has 0 heterocycles. The Morgan fingerprint density at radius 3 is 2.12 bits per heavy atom. The number of carboxylic acid groups (broad SMARTS) is 1. The minimum Gasteiger partial charge on any atom is -0.463 e. The zero-order chi connectivity index (χ0) is 19.4. The molecule has 2 unspecified atom stereocenters. The molecule has 0 aromatic rings. The predicted octanol–water partition coefficient (Wildman–Crippen LogP) is 2.95. The van der Waals surface area contributed by atoms with E-state index in [4.69, 9.17) is 9.84 Å². The van der Waals surface area contributed by atoms with Crippen LogP contribution in [0.15, 0.2) is 4.99 Å². The van der Waals surface area contributed by atoms with E-state index in [9.17, 15) is 14.7 Å². The molecule has 0 aromatic carbocycles. The second-order valence-corrected chi connectivity index (χ2v) is 8.31. The maximum atomic E-state index is 12.7. The summed E-state index contributed by atoms with van der Waals surface area (Å²) in [6.45, 7) is 10.5. The van der Waals surface area contributed by atoms with Crippen LogP contribution in [0.5, 0.6) is 0 Å². The SMILES string of the molecule is CC(C)(C)OC(=O)N(C(=NC(=O)O)NC1CCCCC1O)C(C)(C)C. The van der Waals surface area contributed by atoms with Gasteiger partial charge in [-0.25, -0.2) is 14.5 Å². The van der Waals surface area contributed by atoms with Crippen LogP contribution in [0.2, 0.25) is 0 Å². The standard InChI is InChI=1S/C17H31N3O5/c1-16(2,3)20(15(24)25-17(4,5)6)13(19-14(22)23)18-11-9-7-8-10-12(11)21/h11-12,21H,7-10H2,1-6H3,(H,18,19)(H,22,23). The van der Waals surface area contributed by atoms with Gasteiger partial charge in [0.15, 0.2) is 0 Å². The van der Waals surface area contributed by atoms with E-state index in [1.54, 1.807) is 41.5 Å². The first-order valence-corrected chi connectivity index (χ1v) is 8.60. The summed E-state index contributed by atoms with van der Waals surface area (Å²) in [5, 5.41) is 22.3. The molecule has 2 atom stereocenters. The monoisotopic (exact) mass is 357 g/mol. The molecule has 0 bridgehead atoms. The molecule has 1 aliphatic carbocycles. The number of aliphatic hydroxyl groups is 1. The molecule has 8 nitrogen and oxygen atoms in total. The van der Waals surface area contributed by atoms with Crippen molar-refractivity contribution in [2.45, 2.75) is 90.5 Å². The highest BCUT2D eigenvalue weighted by Crippen LogP contribution is 2.22. The highest BCUT2D eigenvalue weighted by molar-refractivity contribution is 5.99.